The summed E-state index contributed by atoms with van der Waals surface area (Å²) >= 11 is 11.6. The van der Waals surface area contributed by atoms with Gasteiger partial charge in [0.1, 0.15) is 5.56 Å². The fourth-order valence-electron chi connectivity index (χ4n) is 1.39. The Kier molecular flexibility index (Phi) is 5.44. The minimum Gasteiger partial charge on any atom is -0.478 e. The van der Waals surface area contributed by atoms with E-state index < -0.39 is 12.1 Å². The normalized spacial score (nSPS) is 11.8. The number of carboxylic acid groups (broad SMARTS) is 1. The van der Waals surface area contributed by atoms with Gasteiger partial charge < -0.3 is 15.2 Å². The summed E-state index contributed by atoms with van der Waals surface area (Å²) in [5.74, 6) is -1.66. The number of aromatic carboxylic acids is 1. The van der Waals surface area contributed by atoms with Crippen molar-refractivity contribution < 1.29 is 19.4 Å². The molecule has 0 spiro atoms. The number of amides is 1. The summed E-state index contributed by atoms with van der Waals surface area (Å²) in [6, 6.07) is 2.57. The van der Waals surface area contributed by atoms with Crippen LogP contribution in [0.5, 0.6) is 5.75 Å². The molecule has 0 aliphatic heterocycles. The zero-order valence-corrected chi connectivity index (χ0v) is 11.9. The third kappa shape index (κ3) is 4.01. The van der Waals surface area contributed by atoms with E-state index in [1.54, 1.807) is 6.92 Å². The van der Waals surface area contributed by atoms with Gasteiger partial charge in [-0.2, -0.15) is 0 Å². The lowest BCUT2D eigenvalue weighted by Crippen LogP contribution is -2.36. The molecule has 0 heterocycles. The van der Waals surface area contributed by atoms with Crippen LogP contribution in [0.3, 0.4) is 0 Å². The van der Waals surface area contributed by atoms with E-state index in [1.165, 1.54) is 19.1 Å². The molecule has 0 aliphatic carbocycles. The molecule has 0 aromatic heterocycles. The average molecular weight is 306 g/mol. The lowest BCUT2D eigenvalue weighted by atomic mass is 10.2. The summed E-state index contributed by atoms with van der Waals surface area (Å²) in [4.78, 5) is 22.7. The SMILES string of the molecule is CCNC(=O)C(C)Oc1c(Cl)cc(Cl)cc1C(=O)O. The number of rotatable bonds is 5. The van der Waals surface area contributed by atoms with E-state index in [-0.39, 0.29) is 27.3 Å². The Bertz CT molecular complexity index is 505. The van der Waals surface area contributed by atoms with Crippen LogP contribution in [0.1, 0.15) is 24.2 Å². The van der Waals surface area contributed by atoms with Crippen LogP contribution in [0.25, 0.3) is 0 Å². The maximum absolute atomic E-state index is 11.6. The molecule has 0 fully saturated rings. The van der Waals surface area contributed by atoms with Crippen LogP contribution in [0, 0.1) is 0 Å². The summed E-state index contributed by atoms with van der Waals surface area (Å²) in [5.41, 5.74) is -0.186. The van der Waals surface area contributed by atoms with Gasteiger partial charge in [0.2, 0.25) is 0 Å². The Hall–Kier alpha value is -1.46. The number of carbonyl (C=O) groups excluding carboxylic acids is 1. The van der Waals surface area contributed by atoms with Crippen LogP contribution < -0.4 is 10.1 Å². The smallest absolute Gasteiger partial charge is 0.339 e. The molecule has 0 saturated carbocycles. The summed E-state index contributed by atoms with van der Waals surface area (Å²) in [6.45, 7) is 3.72. The Labute approximate surface area is 120 Å². The van der Waals surface area contributed by atoms with Crippen molar-refractivity contribution in [3.05, 3.63) is 27.7 Å². The van der Waals surface area contributed by atoms with Crippen LogP contribution in [0.4, 0.5) is 0 Å². The van der Waals surface area contributed by atoms with E-state index in [0.29, 0.717) is 6.54 Å². The van der Waals surface area contributed by atoms with E-state index in [2.05, 4.69) is 5.32 Å². The first-order valence-corrected chi connectivity index (χ1v) is 6.29. The molecule has 0 saturated heterocycles. The molecule has 1 aromatic rings. The van der Waals surface area contributed by atoms with Crippen molar-refractivity contribution in [3.63, 3.8) is 0 Å². The Morgan fingerprint density at radius 2 is 2.05 bits per heavy atom. The average Bonchev–Trinajstić information content (AvgIpc) is 2.32. The minimum absolute atomic E-state index is 0.0426. The molecule has 0 radical (unpaired) electrons. The molecule has 19 heavy (non-hydrogen) atoms. The Balaban J connectivity index is 3.06. The molecule has 104 valence electrons. The molecule has 0 aliphatic rings. The largest absolute Gasteiger partial charge is 0.478 e. The van der Waals surface area contributed by atoms with Crippen molar-refractivity contribution in [1.29, 1.82) is 0 Å². The molecule has 1 rings (SSSR count). The maximum atomic E-state index is 11.6. The number of carboxylic acids is 1. The highest BCUT2D eigenvalue weighted by molar-refractivity contribution is 6.36. The van der Waals surface area contributed by atoms with Crippen LogP contribution in [0.15, 0.2) is 12.1 Å². The van der Waals surface area contributed by atoms with Gasteiger partial charge >= 0.3 is 5.97 Å². The van der Waals surface area contributed by atoms with Gasteiger partial charge in [-0.3, -0.25) is 4.79 Å². The van der Waals surface area contributed by atoms with Crippen LogP contribution in [-0.2, 0) is 4.79 Å². The van der Waals surface area contributed by atoms with Gasteiger partial charge in [0.15, 0.2) is 11.9 Å². The lowest BCUT2D eigenvalue weighted by molar-refractivity contribution is -0.127. The fourth-order valence-corrected chi connectivity index (χ4v) is 1.93. The highest BCUT2D eigenvalue weighted by Gasteiger charge is 2.21. The fraction of sp³-hybridized carbons (Fsp3) is 0.333. The zero-order valence-electron chi connectivity index (χ0n) is 10.4. The number of hydrogen-bond donors (Lipinski definition) is 2. The number of carbonyl (C=O) groups is 2. The second-order valence-corrected chi connectivity index (χ2v) is 4.57. The predicted octanol–water partition coefficient (Wildman–Crippen LogP) is 2.60. The van der Waals surface area contributed by atoms with Gasteiger partial charge in [0.05, 0.1) is 5.02 Å². The number of benzene rings is 1. The number of ether oxygens (including phenoxy) is 1. The van der Waals surface area contributed by atoms with Gasteiger partial charge in [-0.15, -0.1) is 0 Å². The topological polar surface area (TPSA) is 75.6 Å². The van der Waals surface area contributed by atoms with Crippen molar-refractivity contribution in [1.82, 2.24) is 5.32 Å². The van der Waals surface area contributed by atoms with E-state index in [1.807, 2.05) is 0 Å². The molecule has 5 nitrogen and oxygen atoms in total. The van der Waals surface area contributed by atoms with E-state index in [0.717, 1.165) is 0 Å². The molecule has 2 N–H and O–H groups in total. The molecule has 7 heteroatoms. The second-order valence-electron chi connectivity index (χ2n) is 3.72. The highest BCUT2D eigenvalue weighted by atomic mass is 35.5. The second kappa shape index (κ2) is 6.63. The third-order valence-electron chi connectivity index (χ3n) is 2.25. The number of likely N-dealkylation sites (N-methyl/N-ethyl adjacent to an activating group) is 1. The van der Waals surface area contributed by atoms with Gasteiger partial charge in [0, 0.05) is 11.6 Å². The molecule has 1 atom stereocenters. The summed E-state index contributed by atoms with van der Waals surface area (Å²) in [7, 11) is 0. The van der Waals surface area contributed by atoms with Gasteiger partial charge in [-0.05, 0) is 26.0 Å². The van der Waals surface area contributed by atoms with E-state index in [4.69, 9.17) is 33.0 Å². The van der Waals surface area contributed by atoms with Crippen LogP contribution >= 0.6 is 23.2 Å². The zero-order chi connectivity index (χ0) is 14.6. The van der Waals surface area contributed by atoms with Crippen LogP contribution in [0.2, 0.25) is 10.0 Å². The Morgan fingerprint density at radius 3 is 2.58 bits per heavy atom. The number of halogens is 2. The highest BCUT2D eigenvalue weighted by Crippen LogP contribution is 2.33. The number of hydrogen-bond acceptors (Lipinski definition) is 3. The number of nitrogens with one attached hydrogen (secondary N) is 1. The quantitative estimate of drug-likeness (QED) is 0.876. The minimum atomic E-state index is -1.23. The molecular weight excluding hydrogens is 293 g/mol. The predicted molar refractivity (Wildman–Crippen MR) is 72.2 cm³/mol. The third-order valence-corrected chi connectivity index (χ3v) is 2.75. The first-order valence-electron chi connectivity index (χ1n) is 5.53. The van der Waals surface area contributed by atoms with Crippen molar-refractivity contribution in [2.75, 3.05) is 6.54 Å². The molecule has 1 aromatic carbocycles. The van der Waals surface area contributed by atoms with Crippen molar-refractivity contribution >= 4 is 35.1 Å². The van der Waals surface area contributed by atoms with Gasteiger partial charge in [-0.1, -0.05) is 23.2 Å². The summed E-state index contributed by atoms with van der Waals surface area (Å²) in [5, 5.41) is 11.9. The summed E-state index contributed by atoms with van der Waals surface area (Å²) in [6.07, 6.45) is -0.864. The maximum Gasteiger partial charge on any atom is 0.339 e. The molecule has 1 amide bonds. The van der Waals surface area contributed by atoms with Crippen molar-refractivity contribution in [2.45, 2.75) is 20.0 Å². The first-order chi connectivity index (χ1) is 8.86. The standard InChI is InChI=1S/C12H13Cl2NO4/c1-3-15-11(16)6(2)19-10-8(12(17)18)4-7(13)5-9(10)14/h4-6H,3H2,1-2H3,(H,15,16)(H,17,18). The van der Waals surface area contributed by atoms with Crippen LogP contribution in [-0.4, -0.2) is 29.6 Å². The van der Waals surface area contributed by atoms with Crippen molar-refractivity contribution in [2.24, 2.45) is 0 Å². The summed E-state index contributed by atoms with van der Waals surface area (Å²) < 4.78 is 5.32. The van der Waals surface area contributed by atoms with Gasteiger partial charge in [-0.25, -0.2) is 4.79 Å². The Morgan fingerprint density at radius 1 is 1.42 bits per heavy atom. The first kappa shape index (κ1) is 15.6. The van der Waals surface area contributed by atoms with Crippen molar-refractivity contribution in [3.8, 4) is 5.75 Å². The lowest BCUT2D eigenvalue weighted by Gasteiger charge is -2.17. The van der Waals surface area contributed by atoms with Gasteiger partial charge in [0.25, 0.3) is 5.91 Å². The monoisotopic (exact) mass is 305 g/mol. The van der Waals surface area contributed by atoms with E-state index in [9.17, 15) is 9.59 Å². The molecule has 1 unspecified atom stereocenters. The molecule has 0 bridgehead atoms. The van der Waals surface area contributed by atoms with E-state index >= 15 is 0 Å². The molecular formula is C12H13Cl2NO4.